The van der Waals surface area contributed by atoms with Gasteiger partial charge in [0.05, 0.1) is 18.2 Å². The van der Waals surface area contributed by atoms with Gasteiger partial charge in [-0.3, -0.25) is 9.59 Å². The fourth-order valence-electron chi connectivity index (χ4n) is 2.74. The number of nitrogens with one attached hydrogen (secondary N) is 1. The van der Waals surface area contributed by atoms with E-state index in [9.17, 15) is 9.59 Å². The summed E-state index contributed by atoms with van der Waals surface area (Å²) in [7, 11) is 0. The second kappa shape index (κ2) is 6.80. The van der Waals surface area contributed by atoms with Crippen LogP contribution in [0.25, 0.3) is 0 Å². The van der Waals surface area contributed by atoms with Crippen molar-refractivity contribution in [3.63, 3.8) is 0 Å². The van der Waals surface area contributed by atoms with Crippen LogP contribution < -0.4 is 5.32 Å². The molecule has 23 heavy (non-hydrogen) atoms. The van der Waals surface area contributed by atoms with Crippen molar-refractivity contribution in [3.05, 3.63) is 50.4 Å². The van der Waals surface area contributed by atoms with E-state index in [-0.39, 0.29) is 24.3 Å². The summed E-state index contributed by atoms with van der Waals surface area (Å²) >= 11 is 4.66. The normalized spacial score (nSPS) is 18.4. The van der Waals surface area contributed by atoms with Gasteiger partial charge in [0.15, 0.2) is 3.92 Å². The number of nitrogens with zero attached hydrogens (tertiary/aromatic N) is 2. The van der Waals surface area contributed by atoms with Gasteiger partial charge in [0.25, 0.3) is 5.91 Å². The first-order chi connectivity index (χ1) is 11.1. The number of carbonyl (C=O) groups excluding carboxylic acids is 2. The van der Waals surface area contributed by atoms with Gasteiger partial charge in [0.1, 0.15) is 4.88 Å². The van der Waals surface area contributed by atoms with Gasteiger partial charge in [-0.05, 0) is 28.4 Å². The Morgan fingerprint density at radius 1 is 1.39 bits per heavy atom. The van der Waals surface area contributed by atoms with E-state index in [2.05, 4.69) is 26.2 Å². The Bertz CT molecular complexity index is 732. The lowest BCUT2D eigenvalue weighted by atomic mass is 10.0. The van der Waals surface area contributed by atoms with Gasteiger partial charge in [0.2, 0.25) is 5.91 Å². The molecule has 2 aromatic rings. The lowest BCUT2D eigenvalue weighted by molar-refractivity contribution is -0.121. The number of thiazole rings is 1. The largest absolute Gasteiger partial charge is 0.354 e. The third kappa shape index (κ3) is 3.45. The highest BCUT2D eigenvalue weighted by Gasteiger charge is 2.32. The Hall–Kier alpha value is -1.73. The van der Waals surface area contributed by atoms with Crippen molar-refractivity contribution in [2.75, 3.05) is 13.1 Å². The molecule has 0 saturated carbocycles. The quantitative estimate of drug-likeness (QED) is 0.852. The molecule has 1 aliphatic heterocycles. The van der Waals surface area contributed by atoms with E-state index in [4.69, 9.17) is 0 Å². The van der Waals surface area contributed by atoms with E-state index in [0.29, 0.717) is 27.6 Å². The zero-order valence-electron chi connectivity index (χ0n) is 12.6. The second-order valence-electron chi connectivity index (χ2n) is 5.36. The maximum Gasteiger partial charge on any atom is 0.266 e. The standard InChI is InChI=1S/C16H16BrN3O2S/c1-10-14(23-16(17)19-10)15(22)20-8-7-18-13(21)9-12(20)11-5-3-2-4-6-11/h2-6,12H,7-9H2,1H3,(H,18,21)/t12-/m0/s1. The Morgan fingerprint density at radius 2 is 2.13 bits per heavy atom. The van der Waals surface area contributed by atoms with Crippen LogP contribution in [0.4, 0.5) is 0 Å². The van der Waals surface area contributed by atoms with Gasteiger partial charge in [0, 0.05) is 13.1 Å². The molecule has 1 atom stereocenters. The molecule has 0 radical (unpaired) electrons. The monoisotopic (exact) mass is 393 g/mol. The van der Waals surface area contributed by atoms with Crippen molar-refractivity contribution in [1.82, 2.24) is 15.2 Å². The van der Waals surface area contributed by atoms with Crippen LogP contribution in [0.5, 0.6) is 0 Å². The van der Waals surface area contributed by atoms with E-state index in [1.54, 1.807) is 4.90 Å². The van der Waals surface area contributed by atoms with Crippen molar-refractivity contribution in [3.8, 4) is 0 Å². The average Bonchev–Trinajstić information content (AvgIpc) is 2.76. The first-order valence-electron chi connectivity index (χ1n) is 7.32. The van der Waals surface area contributed by atoms with Crippen LogP contribution in [0.1, 0.15) is 33.4 Å². The molecule has 2 amide bonds. The topological polar surface area (TPSA) is 62.3 Å². The number of aromatic nitrogens is 1. The van der Waals surface area contributed by atoms with Crippen LogP contribution in [-0.2, 0) is 4.79 Å². The van der Waals surface area contributed by atoms with Crippen molar-refractivity contribution in [2.24, 2.45) is 0 Å². The Kier molecular flexibility index (Phi) is 4.77. The summed E-state index contributed by atoms with van der Waals surface area (Å²) in [6, 6.07) is 9.44. The van der Waals surface area contributed by atoms with E-state index < -0.39 is 0 Å². The predicted octanol–water partition coefficient (Wildman–Crippen LogP) is 2.92. The molecule has 1 aliphatic rings. The van der Waals surface area contributed by atoms with Crippen molar-refractivity contribution < 1.29 is 9.59 Å². The van der Waals surface area contributed by atoms with Crippen LogP contribution in [0.2, 0.25) is 0 Å². The van der Waals surface area contributed by atoms with Gasteiger partial charge in [-0.25, -0.2) is 4.98 Å². The van der Waals surface area contributed by atoms with Gasteiger partial charge in [-0.2, -0.15) is 0 Å². The molecule has 1 aromatic carbocycles. The number of hydrogen-bond donors (Lipinski definition) is 1. The van der Waals surface area contributed by atoms with Crippen LogP contribution in [0.15, 0.2) is 34.2 Å². The molecule has 2 heterocycles. The summed E-state index contributed by atoms with van der Waals surface area (Å²) in [5, 5.41) is 2.85. The number of halogens is 1. The van der Waals surface area contributed by atoms with E-state index in [0.717, 1.165) is 5.56 Å². The summed E-state index contributed by atoms with van der Waals surface area (Å²) in [5.74, 6) is -0.104. The molecule has 0 aliphatic carbocycles. The minimum absolute atomic E-state index is 0.0311. The third-order valence-corrected chi connectivity index (χ3v) is 5.44. The maximum absolute atomic E-state index is 13.0. The molecule has 1 aromatic heterocycles. The minimum atomic E-state index is -0.258. The van der Waals surface area contributed by atoms with Crippen molar-refractivity contribution in [1.29, 1.82) is 0 Å². The highest BCUT2D eigenvalue weighted by molar-refractivity contribution is 9.11. The van der Waals surface area contributed by atoms with Gasteiger partial charge >= 0.3 is 0 Å². The number of aryl methyl sites for hydroxylation is 1. The zero-order valence-corrected chi connectivity index (χ0v) is 15.0. The molecule has 7 heteroatoms. The highest BCUT2D eigenvalue weighted by atomic mass is 79.9. The first kappa shape index (κ1) is 16.1. The van der Waals surface area contributed by atoms with Crippen LogP contribution >= 0.6 is 27.3 Å². The van der Waals surface area contributed by atoms with Crippen LogP contribution in [-0.4, -0.2) is 34.8 Å². The second-order valence-corrected chi connectivity index (χ2v) is 7.64. The van der Waals surface area contributed by atoms with Crippen LogP contribution in [0.3, 0.4) is 0 Å². The molecule has 120 valence electrons. The first-order valence-corrected chi connectivity index (χ1v) is 8.92. The highest BCUT2D eigenvalue weighted by Crippen LogP contribution is 2.30. The SMILES string of the molecule is Cc1nc(Br)sc1C(=O)N1CCNC(=O)C[C@H]1c1ccccc1. The fourth-order valence-corrected chi connectivity index (χ4v) is 4.24. The van der Waals surface area contributed by atoms with Crippen molar-refractivity contribution >= 4 is 39.1 Å². The summed E-state index contributed by atoms with van der Waals surface area (Å²) in [5.41, 5.74) is 1.68. The molecule has 1 N–H and O–H groups in total. The summed E-state index contributed by atoms with van der Waals surface area (Å²) < 4.78 is 0.693. The number of amides is 2. The van der Waals surface area contributed by atoms with E-state index in [1.807, 2.05) is 37.3 Å². The Labute approximate surface area is 146 Å². The van der Waals surface area contributed by atoms with Gasteiger partial charge in [-0.1, -0.05) is 30.3 Å². The molecule has 3 rings (SSSR count). The van der Waals surface area contributed by atoms with E-state index >= 15 is 0 Å². The molecule has 0 bridgehead atoms. The molecular formula is C16H16BrN3O2S. The number of carbonyl (C=O) groups is 2. The molecular weight excluding hydrogens is 378 g/mol. The van der Waals surface area contributed by atoms with Crippen molar-refractivity contribution in [2.45, 2.75) is 19.4 Å². The predicted molar refractivity (Wildman–Crippen MR) is 92.4 cm³/mol. The van der Waals surface area contributed by atoms with Gasteiger partial charge < -0.3 is 10.2 Å². The summed E-state index contributed by atoms with van der Waals surface area (Å²) in [6.45, 7) is 2.78. The molecule has 0 spiro atoms. The minimum Gasteiger partial charge on any atom is -0.354 e. The number of benzene rings is 1. The lowest BCUT2D eigenvalue weighted by Crippen LogP contribution is -2.36. The Balaban J connectivity index is 1.97. The molecule has 1 fully saturated rings. The van der Waals surface area contributed by atoms with Crippen LogP contribution in [0, 0.1) is 6.92 Å². The third-order valence-electron chi connectivity index (χ3n) is 3.84. The number of rotatable bonds is 2. The fraction of sp³-hybridized carbons (Fsp3) is 0.312. The number of hydrogen-bond acceptors (Lipinski definition) is 4. The zero-order chi connectivity index (χ0) is 16.4. The summed E-state index contributed by atoms with van der Waals surface area (Å²) in [4.78, 5) is 31.7. The summed E-state index contributed by atoms with van der Waals surface area (Å²) in [6.07, 6.45) is 0.273. The average molecular weight is 394 g/mol. The van der Waals surface area contributed by atoms with E-state index in [1.165, 1.54) is 11.3 Å². The molecule has 0 unspecified atom stereocenters. The lowest BCUT2D eigenvalue weighted by Gasteiger charge is -2.29. The molecule has 5 nitrogen and oxygen atoms in total. The smallest absolute Gasteiger partial charge is 0.266 e. The molecule has 1 saturated heterocycles. The maximum atomic E-state index is 13.0. The van der Waals surface area contributed by atoms with Gasteiger partial charge in [-0.15, -0.1) is 11.3 Å². The Morgan fingerprint density at radius 3 is 2.78 bits per heavy atom.